The van der Waals surface area contributed by atoms with Gasteiger partial charge >= 0.3 is 0 Å². The van der Waals surface area contributed by atoms with E-state index in [9.17, 15) is 4.79 Å². The molecule has 1 aromatic carbocycles. The van der Waals surface area contributed by atoms with Gasteiger partial charge in [0.25, 0.3) is 0 Å². The minimum Gasteiger partial charge on any atom is -0.486 e. The molecule has 1 unspecified atom stereocenters. The van der Waals surface area contributed by atoms with Gasteiger partial charge in [0.05, 0.1) is 10.1 Å². The van der Waals surface area contributed by atoms with Crippen LogP contribution >= 0.6 is 15.9 Å². The Morgan fingerprint density at radius 3 is 2.53 bits per heavy atom. The molecule has 1 aromatic rings. The maximum atomic E-state index is 10.7. The number of carbonyl (C=O) groups excluding carboxylic acids is 1. The SMILES string of the molecule is CC1(C)CC(Oc2ccc(C=O)cc2Br)C(C)(C)O1. The molecule has 0 bridgehead atoms. The zero-order valence-electron chi connectivity index (χ0n) is 11.7. The lowest BCUT2D eigenvalue weighted by molar-refractivity contribution is -0.0846. The first-order chi connectivity index (χ1) is 8.73. The highest BCUT2D eigenvalue weighted by Crippen LogP contribution is 2.40. The molecule has 3 nitrogen and oxygen atoms in total. The van der Waals surface area contributed by atoms with Crippen molar-refractivity contribution in [1.29, 1.82) is 0 Å². The lowest BCUT2D eigenvalue weighted by Gasteiger charge is -2.27. The minimum atomic E-state index is -0.327. The van der Waals surface area contributed by atoms with Crippen LogP contribution in [0.4, 0.5) is 0 Å². The van der Waals surface area contributed by atoms with Gasteiger partial charge in [-0.2, -0.15) is 0 Å². The Kier molecular flexibility index (Phi) is 3.76. The van der Waals surface area contributed by atoms with Crippen molar-refractivity contribution in [3.05, 3.63) is 28.2 Å². The van der Waals surface area contributed by atoms with Gasteiger partial charge in [0, 0.05) is 12.0 Å². The standard InChI is InChI=1S/C15H19BrO3/c1-14(2)8-13(15(3,4)19-14)18-12-6-5-10(9-17)7-11(12)16/h5-7,9,13H,8H2,1-4H3. The molecule has 104 valence electrons. The summed E-state index contributed by atoms with van der Waals surface area (Å²) in [6, 6.07) is 5.33. The van der Waals surface area contributed by atoms with E-state index >= 15 is 0 Å². The Labute approximate surface area is 122 Å². The Hall–Kier alpha value is -0.870. The van der Waals surface area contributed by atoms with Crippen LogP contribution in [0.3, 0.4) is 0 Å². The molecule has 2 rings (SSSR count). The zero-order chi connectivity index (χ0) is 14.3. The fourth-order valence-electron chi connectivity index (χ4n) is 2.53. The molecule has 1 saturated heterocycles. The minimum absolute atomic E-state index is 0.0131. The Balaban J connectivity index is 2.20. The molecule has 0 spiro atoms. The highest BCUT2D eigenvalue weighted by atomic mass is 79.9. The van der Waals surface area contributed by atoms with Gasteiger partial charge < -0.3 is 9.47 Å². The summed E-state index contributed by atoms with van der Waals surface area (Å²) < 4.78 is 12.9. The van der Waals surface area contributed by atoms with Gasteiger partial charge in [-0.15, -0.1) is 0 Å². The second-order valence-corrected chi connectivity index (χ2v) is 6.94. The number of halogens is 1. The molecule has 1 fully saturated rings. The molecular weight excluding hydrogens is 308 g/mol. The summed E-state index contributed by atoms with van der Waals surface area (Å²) >= 11 is 3.44. The molecule has 4 heteroatoms. The number of carbonyl (C=O) groups is 1. The lowest BCUT2D eigenvalue weighted by Crippen LogP contribution is -2.36. The number of ether oxygens (including phenoxy) is 2. The molecule has 0 radical (unpaired) electrons. The third kappa shape index (κ3) is 3.18. The van der Waals surface area contributed by atoms with Crippen molar-refractivity contribution in [3.63, 3.8) is 0 Å². The van der Waals surface area contributed by atoms with Gasteiger partial charge in [-0.05, 0) is 61.8 Å². The van der Waals surface area contributed by atoms with Gasteiger partial charge in [0.2, 0.25) is 0 Å². The van der Waals surface area contributed by atoms with Gasteiger partial charge in [-0.3, -0.25) is 4.79 Å². The van der Waals surface area contributed by atoms with E-state index in [-0.39, 0.29) is 17.3 Å². The second-order valence-electron chi connectivity index (χ2n) is 6.08. The van der Waals surface area contributed by atoms with Crippen molar-refractivity contribution in [1.82, 2.24) is 0 Å². The van der Waals surface area contributed by atoms with E-state index in [2.05, 4.69) is 29.8 Å². The number of hydrogen-bond donors (Lipinski definition) is 0. The van der Waals surface area contributed by atoms with E-state index in [1.807, 2.05) is 19.9 Å². The van der Waals surface area contributed by atoms with Gasteiger partial charge in [0.1, 0.15) is 23.7 Å². The van der Waals surface area contributed by atoms with Crippen LogP contribution in [0.25, 0.3) is 0 Å². The predicted molar refractivity (Wildman–Crippen MR) is 77.8 cm³/mol. The number of aldehydes is 1. The van der Waals surface area contributed by atoms with Crippen LogP contribution in [0.5, 0.6) is 5.75 Å². The molecule has 0 aromatic heterocycles. The van der Waals surface area contributed by atoms with Crippen LogP contribution in [0, 0.1) is 0 Å². The topological polar surface area (TPSA) is 35.5 Å². The molecule has 0 N–H and O–H groups in total. The monoisotopic (exact) mass is 326 g/mol. The van der Waals surface area contributed by atoms with Crippen LogP contribution in [0.15, 0.2) is 22.7 Å². The van der Waals surface area contributed by atoms with E-state index in [0.717, 1.165) is 22.9 Å². The molecule has 0 amide bonds. The summed E-state index contributed by atoms with van der Waals surface area (Å²) in [6.45, 7) is 8.23. The van der Waals surface area contributed by atoms with Crippen molar-refractivity contribution in [2.75, 3.05) is 0 Å². The van der Waals surface area contributed by atoms with E-state index in [4.69, 9.17) is 9.47 Å². The smallest absolute Gasteiger partial charge is 0.150 e. The highest BCUT2D eigenvalue weighted by molar-refractivity contribution is 9.10. The first-order valence-corrected chi connectivity index (χ1v) is 7.14. The molecule has 1 atom stereocenters. The first-order valence-electron chi connectivity index (χ1n) is 6.35. The Morgan fingerprint density at radius 2 is 2.05 bits per heavy atom. The quantitative estimate of drug-likeness (QED) is 0.788. The molecular formula is C15H19BrO3. The highest BCUT2D eigenvalue weighted by Gasteiger charge is 2.47. The van der Waals surface area contributed by atoms with Crippen LogP contribution in [0.2, 0.25) is 0 Å². The van der Waals surface area contributed by atoms with E-state index < -0.39 is 0 Å². The molecule has 1 heterocycles. The molecule has 19 heavy (non-hydrogen) atoms. The summed E-state index contributed by atoms with van der Waals surface area (Å²) in [5.74, 6) is 0.741. The first kappa shape index (κ1) is 14.5. The average molecular weight is 327 g/mol. The molecule has 0 aliphatic carbocycles. The third-order valence-electron chi connectivity index (χ3n) is 3.35. The van der Waals surface area contributed by atoms with Crippen molar-refractivity contribution in [3.8, 4) is 5.75 Å². The fourth-order valence-corrected chi connectivity index (χ4v) is 3.02. The Morgan fingerprint density at radius 1 is 1.37 bits per heavy atom. The summed E-state index contributed by atoms with van der Waals surface area (Å²) in [4.78, 5) is 10.7. The Bertz CT molecular complexity index is 494. The number of rotatable bonds is 3. The van der Waals surface area contributed by atoms with E-state index in [1.165, 1.54) is 0 Å². The maximum absolute atomic E-state index is 10.7. The van der Waals surface area contributed by atoms with Crippen molar-refractivity contribution >= 4 is 22.2 Å². The van der Waals surface area contributed by atoms with Crippen LogP contribution in [-0.2, 0) is 4.74 Å². The normalized spacial score (nSPS) is 24.2. The summed E-state index contributed by atoms with van der Waals surface area (Å²) in [6.07, 6.45) is 1.64. The summed E-state index contributed by atoms with van der Waals surface area (Å²) in [7, 11) is 0. The summed E-state index contributed by atoms with van der Waals surface area (Å²) in [5, 5.41) is 0. The average Bonchev–Trinajstić information content (AvgIpc) is 2.49. The molecule has 0 saturated carbocycles. The van der Waals surface area contributed by atoms with Crippen LogP contribution in [-0.4, -0.2) is 23.6 Å². The van der Waals surface area contributed by atoms with Crippen LogP contribution < -0.4 is 4.74 Å². The molecule has 1 aliphatic rings. The lowest BCUT2D eigenvalue weighted by atomic mass is 9.97. The van der Waals surface area contributed by atoms with Gasteiger partial charge in [0.15, 0.2) is 0 Å². The van der Waals surface area contributed by atoms with Crippen molar-refractivity contribution < 1.29 is 14.3 Å². The number of hydrogen-bond acceptors (Lipinski definition) is 3. The van der Waals surface area contributed by atoms with Gasteiger partial charge in [-0.25, -0.2) is 0 Å². The van der Waals surface area contributed by atoms with Crippen LogP contribution in [0.1, 0.15) is 44.5 Å². The second kappa shape index (κ2) is 4.91. The van der Waals surface area contributed by atoms with E-state index in [0.29, 0.717) is 5.56 Å². The fraction of sp³-hybridized carbons (Fsp3) is 0.533. The van der Waals surface area contributed by atoms with E-state index in [1.54, 1.807) is 12.1 Å². The maximum Gasteiger partial charge on any atom is 0.150 e. The van der Waals surface area contributed by atoms with Crippen molar-refractivity contribution in [2.24, 2.45) is 0 Å². The zero-order valence-corrected chi connectivity index (χ0v) is 13.3. The third-order valence-corrected chi connectivity index (χ3v) is 3.97. The number of benzene rings is 1. The summed E-state index contributed by atoms with van der Waals surface area (Å²) in [5.41, 5.74) is 0.122. The molecule has 1 aliphatic heterocycles. The predicted octanol–water partition coefficient (Wildman–Crippen LogP) is 3.99. The van der Waals surface area contributed by atoms with Crippen molar-refractivity contribution in [2.45, 2.75) is 51.4 Å². The van der Waals surface area contributed by atoms with Gasteiger partial charge in [-0.1, -0.05) is 0 Å². The largest absolute Gasteiger partial charge is 0.486 e.